The maximum Gasteiger partial charge on any atom is 0.416 e. The van der Waals surface area contributed by atoms with Crippen molar-refractivity contribution >= 4 is 23.6 Å². The fraction of sp³-hybridized carbons (Fsp3) is 0.429. The van der Waals surface area contributed by atoms with Crippen molar-refractivity contribution in [2.75, 3.05) is 32.8 Å². The first-order valence-corrected chi connectivity index (χ1v) is 11.3. The maximum atomic E-state index is 14.2. The van der Waals surface area contributed by atoms with E-state index < -0.39 is 23.0 Å². The van der Waals surface area contributed by atoms with Crippen LogP contribution in [0.15, 0.2) is 45.6 Å². The standard InChI is InChI=1S/C21H21F3N6OS/c1-2-31-18-17-16(28-20(29-18)30-8-6-25-7-9-30)15-13(21(22,23)24)10-14(27-19(15)32-17)12-4-3-5-26-11-12/h3-5,10-11,16-17,25H,2,6-9H2,1H3. The Bertz CT molecular complexity index is 1070. The molecule has 1 fully saturated rings. The maximum absolute atomic E-state index is 14.2. The van der Waals surface area contributed by atoms with Crippen LogP contribution in [0, 0.1) is 0 Å². The number of alkyl halides is 3. The molecule has 2 atom stereocenters. The van der Waals surface area contributed by atoms with Gasteiger partial charge in [-0.2, -0.15) is 18.2 Å². The van der Waals surface area contributed by atoms with Gasteiger partial charge < -0.3 is 15.0 Å². The Labute approximate surface area is 187 Å². The molecule has 1 N–H and O–H groups in total. The third kappa shape index (κ3) is 3.83. The van der Waals surface area contributed by atoms with Crippen molar-refractivity contribution in [2.45, 2.75) is 29.4 Å². The molecule has 0 radical (unpaired) electrons. The average molecular weight is 463 g/mol. The molecule has 168 valence electrons. The molecule has 2 aromatic heterocycles. The fourth-order valence-electron chi connectivity index (χ4n) is 4.05. The van der Waals surface area contributed by atoms with Crippen LogP contribution >= 0.6 is 11.8 Å². The molecule has 5 rings (SSSR count). The molecule has 5 heterocycles. The SMILES string of the molecule is CCOC1=NC(N2CCNCC2)=NC2c3c(C(F)(F)F)cc(-c4cccnc4)nc3SC12. The van der Waals surface area contributed by atoms with E-state index >= 15 is 0 Å². The van der Waals surface area contributed by atoms with Crippen LogP contribution in [0.4, 0.5) is 13.2 Å². The number of nitrogens with zero attached hydrogens (tertiary/aromatic N) is 5. The minimum Gasteiger partial charge on any atom is -0.480 e. The van der Waals surface area contributed by atoms with E-state index in [4.69, 9.17) is 9.73 Å². The van der Waals surface area contributed by atoms with Crippen molar-refractivity contribution in [1.82, 2.24) is 20.2 Å². The van der Waals surface area contributed by atoms with Crippen molar-refractivity contribution in [1.29, 1.82) is 0 Å². The van der Waals surface area contributed by atoms with E-state index in [-0.39, 0.29) is 11.3 Å². The van der Waals surface area contributed by atoms with Gasteiger partial charge in [0.25, 0.3) is 0 Å². The van der Waals surface area contributed by atoms with Gasteiger partial charge in [-0.3, -0.25) is 4.98 Å². The first kappa shape index (κ1) is 21.2. The van der Waals surface area contributed by atoms with Crippen LogP contribution < -0.4 is 5.32 Å². The Balaban J connectivity index is 1.63. The van der Waals surface area contributed by atoms with E-state index in [2.05, 4.69) is 20.3 Å². The van der Waals surface area contributed by atoms with Gasteiger partial charge in [0.2, 0.25) is 11.9 Å². The summed E-state index contributed by atoms with van der Waals surface area (Å²) in [6, 6.07) is 3.72. The van der Waals surface area contributed by atoms with Crippen LogP contribution in [-0.4, -0.2) is 64.8 Å². The Hall–Kier alpha value is -2.66. The van der Waals surface area contributed by atoms with Crippen molar-refractivity contribution in [2.24, 2.45) is 9.98 Å². The third-order valence-corrected chi connectivity index (χ3v) is 6.76. The molecule has 2 unspecified atom stereocenters. The molecule has 0 amide bonds. The summed E-state index contributed by atoms with van der Waals surface area (Å²) in [5.41, 5.74) is 0.138. The normalized spacial score (nSPS) is 22.7. The number of pyridine rings is 2. The van der Waals surface area contributed by atoms with Crippen LogP contribution in [-0.2, 0) is 10.9 Å². The number of thioether (sulfide) groups is 1. The van der Waals surface area contributed by atoms with E-state index in [0.717, 1.165) is 19.2 Å². The number of aromatic nitrogens is 2. The molecule has 2 aromatic rings. The predicted octanol–water partition coefficient (Wildman–Crippen LogP) is 3.39. The van der Waals surface area contributed by atoms with Crippen LogP contribution in [0.25, 0.3) is 11.3 Å². The van der Waals surface area contributed by atoms with Crippen molar-refractivity contribution in [3.8, 4) is 11.3 Å². The van der Waals surface area contributed by atoms with Gasteiger partial charge in [-0.05, 0) is 25.1 Å². The number of aliphatic imine (C=N–C) groups is 2. The Morgan fingerprint density at radius 3 is 2.78 bits per heavy atom. The monoisotopic (exact) mass is 462 g/mol. The zero-order valence-corrected chi connectivity index (χ0v) is 18.1. The summed E-state index contributed by atoms with van der Waals surface area (Å²) >= 11 is 1.23. The number of rotatable bonds is 2. The number of ether oxygens (including phenoxy) is 1. The minimum atomic E-state index is -4.55. The molecule has 0 bridgehead atoms. The lowest BCUT2D eigenvalue weighted by molar-refractivity contribution is -0.138. The largest absolute Gasteiger partial charge is 0.480 e. The molecule has 0 saturated carbocycles. The van der Waals surface area contributed by atoms with E-state index in [1.165, 1.54) is 18.0 Å². The molecule has 3 aliphatic heterocycles. The predicted molar refractivity (Wildman–Crippen MR) is 116 cm³/mol. The zero-order valence-electron chi connectivity index (χ0n) is 17.3. The number of nitrogens with one attached hydrogen (secondary N) is 1. The van der Waals surface area contributed by atoms with Crippen LogP contribution in [0.3, 0.4) is 0 Å². The second-order valence-corrected chi connectivity index (χ2v) is 8.68. The van der Waals surface area contributed by atoms with E-state index in [0.29, 0.717) is 42.1 Å². The van der Waals surface area contributed by atoms with Crippen molar-refractivity contribution in [3.05, 3.63) is 41.7 Å². The first-order chi connectivity index (χ1) is 15.5. The number of fused-ring (bicyclic) bond motifs is 3. The Morgan fingerprint density at radius 1 is 1.28 bits per heavy atom. The van der Waals surface area contributed by atoms with Gasteiger partial charge in [0.15, 0.2) is 0 Å². The zero-order chi connectivity index (χ0) is 22.3. The highest BCUT2D eigenvalue weighted by Crippen LogP contribution is 2.52. The average Bonchev–Trinajstić information content (AvgIpc) is 3.18. The molecule has 1 saturated heterocycles. The second-order valence-electron chi connectivity index (χ2n) is 7.55. The Morgan fingerprint density at radius 2 is 2.09 bits per heavy atom. The van der Waals surface area contributed by atoms with Crippen LogP contribution in [0.2, 0.25) is 0 Å². The van der Waals surface area contributed by atoms with Gasteiger partial charge >= 0.3 is 6.18 Å². The third-order valence-electron chi connectivity index (χ3n) is 5.51. The van der Waals surface area contributed by atoms with Gasteiger partial charge in [0, 0.05) is 49.7 Å². The molecular weight excluding hydrogens is 441 g/mol. The lowest BCUT2D eigenvalue weighted by atomic mass is 9.97. The van der Waals surface area contributed by atoms with Gasteiger partial charge in [-0.15, -0.1) is 0 Å². The van der Waals surface area contributed by atoms with Gasteiger partial charge in [0.05, 0.1) is 17.9 Å². The van der Waals surface area contributed by atoms with E-state index in [1.807, 2.05) is 11.8 Å². The first-order valence-electron chi connectivity index (χ1n) is 10.4. The minimum absolute atomic E-state index is 0.0971. The molecule has 7 nitrogen and oxygen atoms in total. The fourth-order valence-corrected chi connectivity index (χ4v) is 5.35. The second kappa shape index (κ2) is 8.36. The highest BCUT2D eigenvalue weighted by Gasteiger charge is 2.48. The smallest absolute Gasteiger partial charge is 0.416 e. The lowest BCUT2D eigenvalue weighted by Gasteiger charge is -2.32. The number of hydrogen-bond donors (Lipinski definition) is 1. The molecule has 32 heavy (non-hydrogen) atoms. The molecule has 3 aliphatic rings. The summed E-state index contributed by atoms with van der Waals surface area (Å²) in [7, 11) is 0. The number of hydrogen-bond acceptors (Lipinski definition) is 8. The lowest BCUT2D eigenvalue weighted by Crippen LogP contribution is -2.47. The highest BCUT2D eigenvalue weighted by molar-refractivity contribution is 8.01. The molecular formula is C21H21F3N6OS. The molecule has 0 aromatic carbocycles. The number of piperazine rings is 1. The highest BCUT2D eigenvalue weighted by atomic mass is 32.2. The Kier molecular flexibility index (Phi) is 5.54. The summed E-state index contributed by atoms with van der Waals surface area (Å²) in [4.78, 5) is 19.9. The van der Waals surface area contributed by atoms with Crippen molar-refractivity contribution < 1.29 is 17.9 Å². The van der Waals surface area contributed by atoms with E-state index in [9.17, 15) is 13.2 Å². The molecule has 0 aliphatic carbocycles. The molecule has 0 spiro atoms. The topological polar surface area (TPSA) is 75.0 Å². The summed E-state index contributed by atoms with van der Waals surface area (Å²) < 4.78 is 48.4. The van der Waals surface area contributed by atoms with Gasteiger partial charge in [0.1, 0.15) is 16.3 Å². The summed E-state index contributed by atoms with van der Waals surface area (Å²) in [6.07, 6.45) is -1.47. The summed E-state index contributed by atoms with van der Waals surface area (Å²) in [6.45, 7) is 5.10. The summed E-state index contributed by atoms with van der Waals surface area (Å²) in [5.74, 6) is 0.828. The number of halogens is 3. The van der Waals surface area contributed by atoms with Crippen molar-refractivity contribution in [3.63, 3.8) is 0 Å². The van der Waals surface area contributed by atoms with E-state index in [1.54, 1.807) is 18.3 Å². The summed E-state index contributed by atoms with van der Waals surface area (Å²) in [5, 5.41) is 3.09. The van der Waals surface area contributed by atoms with Crippen LogP contribution in [0.1, 0.15) is 24.1 Å². The van der Waals surface area contributed by atoms with Crippen LogP contribution in [0.5, 0.6) is 0 Å². The number of guanidine groups is 1. The molecule has 11 heteroatoms. The van der Waals surface area contributed by atoms with Gasteiger partial charge in [-0.25, -0.2) is 9.98 Å². The quantitative estimate of drug-likeness (QED) is 0.738. The van der Waals surface area contributed by atoms with Gasteiger partial charge in [-0.1, -0.05) is 11.8 Å².